The summed E-state index contributed by atoms with van der Waals surface area (Å²) in [5.74, 6) is -0.703. The molecule has 0 atom stereocenters. The van der Waals surface area contributed by atoms with Crippen LogP contribution in [-0.2, 0) is 9.59 Å². The zero-order valence-corrected chi connectivity index (χ0v) is 16.4. The molecule has 0 aromatic heterocycles. The molecule has 0 saturated carbocycles. The third kappa shape index (κ3) is 26.6. The van der Waals surface area contributed by atoms with E-state index in [1.807, 2.05) is 0 Å². The van der Waals surface area contributed by atoms with Crippen LogP contribution in [0.15, 0.2) is 0 Å². The van der Waals surface area contributed by atoms with Gasteiger partial charge in [-0.1, -0.05) is 0 Å². The normalized spacial score (nSPS) is 9.70. The molecule has 0 aliphatic heterocycles. The molecule has 118 valence electrons. The summed E-state index contributed by atoms with van der Waals surface area (Å²) in [6.45, 7) is 4.58. The Morgan fingerprint density at radius 2 is 1.30 bits per heavy atom. The molecule has 0 bridgehead atoms. The van der Waals surface area contributed by atoms with Crippen molar-refractivity contribution < 1.29 is 19.8 Å². The average Bonchev–Trinajstić information content (AvgIpc) is 2.38. The van der Waals surface area contributed by atoms with E-state index >= 15 is 0 Å². The van der Waals surface area contributed by atoms with Crippen LogP contribution < -0.4 is 0 Å². The molecule has 20 heavy (non-hydrogen) atoms. The summed E-state index contributed by atoms with van der Waals surface area (Å²) in [7, 11) is 0. The van der Waals surface area contributed by atoms with E-state index in [0.717, 1.165) is 0 Å². The van der Waals surface area contributed by atoms with Crippen LogP contribution in [0, 0.1) is 0 Å². The predicted molar refractivity (Wildman–Crippen MR) is 87.0 cm³/mol. The maximum Gasteiger partial charge on any atom is 0.304 e. The number of carboxylic acid groups (broad SMARTS) is 2. The number of carbonyl (C=O) groups is 2. The van der Waals surface area contributed by atoms with E-state index in [4.69, 9.17) is 10.2 Å². The Hall–Kier alpha value is 0.0887. The molecule has 0 rings (SSSR count). The van der Waals surface area contributed by atoms with Gasteiger partial charge in [0.25, 0.3) is 0 Å². The van der Waals surface area contributed by atoms with Crippen LogP contribution in [0.4, 0.5) is 0 Å². The number of unbranched alkanes of at least 4 members (excludes halogenated alkanes) is 2. The van der Waals surface area contributed by atoms with Crippen molar-refractivity contribution in [1.29, 1.82) is 0 Å². The summed E-state index contributed by atoms with van der Waals surface area (Å²) in [5, 5.41) is 16.4. The first-order valence-corrected chi connectivity index (χ1v) is 12.5. The van der Waals surface area contributed by atoms with Crippen LogP contribution in [0.2, 0.25) is 8.87 Å². The van der Waals surface area contributed by atoms with Crippen molar-refractivity contribution in [2.24, 2.45) is 0 Å². The quantitative estimate of drug-likeness (QED) is 0.378. The molecule has 0 fully saturated rings. The summed E-state index contributed by atoms with van der Waals surface area (Å²) >= 11 is 1.50. The van der Waals surface area contributed by atoms with Gasteiger partial charge in [0.1, 0.15) is 0 Å². The van der Waals surface area contributed by atoms with Crippen molar-refractivity contribution in [1.82, 2.24) is 0 Å². The first-order chi connectivity index (χ1) is 9.54. The van der Waals surface area contributed by atoms with Gasteiger partial charge in [0, 0.05) is 11.5 Å². The summed E-state index contributed by atoms with van der Waals surface area (Å²) < 4.78 is 3.25. The molecule has 0 aliphatic rings. The molecule has 0 aromatic rings. The smallest absolute Gasteiger partial charge is 0.304 e. The fourth-order valence-electron chi connectivity index (χ4n) is 1.15. The Labute approximate surface area is 137 Å². The number of rotatable bonds is 12. The summed E-state index contributed by atoms with van der Waals surface area (Å²) in [5.41, 5.74) is 0. The molecule has 4 nitrogen and oxygen atoms in total. The van der Waals surface area contributed by atoms with Crippen molar-refractivity contribution in [2.45, 2.75) is 61.2 Å². The molecule has 6 heteroatoms. The second kappa shape index (κ2) is 19.1. The summed E-state index contributed by atoms with van der Waals surface area (Å²) in [6, 6.07) is 0. The van der Waals surface area contributed by atoms with Gasteiger partial charge in [0.2, 0.25) is 0 Å². The van der Waals surface area contributed by atoms with Gasteiger partial charge < -0.3 is 10.2 Å². The average molecular weight is 411 g/mol. The Morgan fingerprint density at radius 1 is 0.900 bits per heavy atom. The van der Waals surface area contributed by atoms with Gasteiger partial charge in [0.15, 0.2) is 0 Å². The van der Waals surface area contributed by atoms with Crippen LogP contribution >= 0.6 is 11.8 Å². The van der Waals surface area contributed by atoms with Crippen molar-refractivity contribution in [2.75, 3.05) is 11.5 Å². The molecular formula is C14H28O4SSn. The van der Waals surface area contributed by atoms with Gasteiger partial charge in [-0.3, -0.25) is 9.59 Å². The third-order valence-electron chi connectivity index (χ3n) is 2.33. The maximum atomic E-state index is 9.97. The first-order valence-electron chi connectivity index (χ1n) is 7.26. The molecule has 2 N–H and O–H groups in total. The molecule has 0 aromatic carbocycles. The van der Waals surface area contributed by atoms with Gasteiger partial charge in [-0.25, -0.2) is 0 Å². The zero-order chi connectivity index (χ0) is 15.6. The minimum absolute atomic E-state index is 0.101. The fraction of sp³-hybridized carbons (Fsp3) is 0.857. The Kier molecular flexibility index (Phi) is 21.4. The van der Waals surface area contributed by atoms with E-state index in [1.165, 1.54) is 37.4 Å². The maximum absolute atomic E-state index is 9.97. The van der Waals surface area contributed by atoms with E-state index in [2.05, 4.69) is 13.8 Å². The van der Waals surface area contributed by atoms with E-state index in [1.54, 1.807) is 8.87 Å². The predicted octanol–water partition coefficient (Wildman–Crippen LogP) is 3.80. The minimum atomic E-state index is -0.840. The summed E-state index contributed by atoms with van der Waals surface area (Å²) in [6.07, 6.45) is 6.04. The third-order valence-corrected chi connectivity index (χ3v) is 7.36. The number of carboxylic acids is 2. The van der Waals surface area contributed by atoms with Gasteiger partial charge in [-0.15, -0.1) is 0 Å². The molecule has 0 unspecified atom stereocenters. The molecule has 2 radical (unpaired) electrons. The second-order valence-electron chi connectivity index (χ2n) is 4.36. The summed E-state index contributed by atoms with van der Waals surface area (Å²) in [4.78, 5) is 19.9. The van der Waals surface area contributed by atoms with Crippen molar-refractivity contribution in [3.63, 3.8) is 0 Å². The van der Waals surface area contributed by atoms with Crippen LogP contribution in [0.3, 0.4) is 0 Å². The van der Waals surface area contributed by atoms with Crippen LogP contribution in [0.25, 0.3) is 0 Å². The monoisotopic (exact) mass is 412 g/mol. The van der Waals surface area contributed by atoms with E-state index in [9.17, 15) is 9.59 Å². The fourth-order valence-corrected chi connectivity index (χ4v) is 6.15. The van der Waals surface area contributed by atoms with Crippen LogP contribution in [-0.4, -0.2) is 54.8 Å². The van der Waals surface area contributed by atoms with Crippen LogP contribution in [0.5, 0.6) is 0 Å². The van der Waals surface area contributed by atoms with Gasteiger partial charge in [0.05, 0.1) is 12.8 Å². The number of hydrogen-bond donors (Lipinski definition) is 2. The first kappa shape index (κ1) is 22.4. The topological polar surface area (TPSA) is 74.6 Å². The Bertz CT molecular complexity index is 215. The largest absolute Gasteiger partial charge is 0.481 e. The SMILES string of the molecule is CCC[CH2][Sn][CH2]CCC.O=C(O)CCSCCC(=O)O. The zero-order valence-electron chi connectivity index (χ0n) is 12.7. The van der Waals surface area contributed by atoms with Crippen molar-refractivity contribution >= 4 is 44.8 Å². The second-order valence-corrected chi connectivity index (χ2v) is 9.86. The number of thioether (sulfide) groups is 1. The molecule has 0 spiro atoms. The molecule has 0 saturated heterocycles. The van der Waals surface area contributed by atoms with E-state index in [-0.39, 0.29) is 34.0 Å². The number of hydrogen-bond acceptors (Lipinski definition) is 3. The molecule has 0 aliphatic carbocycles. The Morgan fingerprint density at radius 3 is 1.60 bits per heavy atom. The van der Waals surface area contributed by atoms with Crippen LogP contribution in [0.1, 0.15) is 52.4 Å². The van der Waals surface area contributed by atoms with Crippen molar-refractivity contribution in [3.8, 4) is 0 Å². The Balaban J connectivity index is 0. The molecular weight excluding hydrogens is 383 g/mol. The van der Waals surface area contributed by atoms with E-state index in [0.29, 0.717) is 11.5 Å². The molecule has 0 heterocycles. The molecule has 0 amide bonds. The number of aliphatic carboxylic acids is 2. The minimum Gasteiger partial charge on any atom is -0.481 e. The van der Waals surface area contributed by atoms with Gasteiger partial charge in [-0.2, -0.15) is 11.8 Å². The van der Waals surface area contributed by atoms with Gasteiger partial charge in [-0.05, 0) is 0 Å². The van der Waals surface area contributed by atoms with Crippen molar-refractivity contribution in [3.05, 3.63) is 0 Å². The van der Waals surface area contributed by atoms with Gasteiger partial charge >= 0.3 is 81.5 Å². The standard InChI is InChI=1S/C6H10O4S.2C4H9.Sn/c7-5(8)1-3-11-4-2-6(9)10;2*1-3-4-2;/h1-4H2,(H,7,8)(H,9,10);2*1,3-4H2,2H3;. The van der Waals surface area contributed by atoms with E-state index < -0.39 is 11.9 Å².